The molecule has 2 heterocycles. The SMILES string of the molecule is CN=C(NCCCOCC1CCOCC1)NCc1cccnc1OCc1ccccc1.I. The van der Waals surface area contributed by atoms with Crippen LogP contribution >= 0.6 is 24.0 Å². The van der Waals surface area contributed by atoms with E-state index in [2.05, 4.69) is 20.6 Å². The van der Waals surface area contributed by atoms with Gasteiger partial charge in [0.05, 0.1) is 0 Å². The number of rotatable bonds is 11. The zero-order valence-corrected chi connectivity index (χ0v) is 21.1. The Hall–Kier alpha value is -1.91. The summed E-state index contributed by atoms with van der Waals surface area (Å²) in [6, 6.07) is 14.0. The molecular weight excluding hydrogens is 519 g/mol. The van der Waals surface area contributed by atoms with E-state index in [1.54, 1.807) is 13.2 Å². The Morgan fingerprint density at radius 2 is 1.94 bits per heavy atom. The van der Waals surface area contributed by atoms with Crippen LogP contribution in [0, 0.1) is 5.92 Å². The van der Waals surface area contributed by atoms with Gasteiger partial charge in [-0.15, -0.1) is 24.0 Å². The summed E-state index contributed by atoms with van der Waals surface area (Å²) in [4.78, 5) is 8.68. The molecule has 1 saturated heterocycles. The maximum atomic E-state index is 5.93. The van der Waals surface area contributed by atoms with E-state index in [-0.39, 0.29) is 24.0 Å². The molecule has 1 aliphatic heterocycles. The van der Waals surface area contributed by atoms with Gasteiger partial charge in [0.15, 0.2) is 5.96 Å². The Morgan fingerprint density at radius 3 is 2.72 bits per heavy atom. The average molecular weight is 554 g/mol. The summed E-state index contributed by atoms with van der Waals surface area (Å²) >= 11 is 0. The standard InChI is InChI=1S/C24H34N4O3.HI/c1-25-24(27-13-6-14-30-18-21-10-15-29-16-11-21)28-17-22-9-5-12-26-23(22)31-19-20-7-3-2-4-8-20;/h2-5,7-9,12,21H,6,10-11,13-19H2,1H3,(H2,25,27,28);1H. The van der Waals surface area contributed by atoms with E-state index in [1.807, 2.05) is 42.5 Å². The number of ether oxygens (including phenoxy) is 3. The van der Waals surface area contributed by atoms with Gasteiger partial charge in [0.2, 0.25) is 5.88 Å². The summed E-state index contributed by atoms with van der Waals surface area (Å²) in [5.41, 5.74) is 2.10. The molecule has 0 aliphatic carbocycles. The number of guanidine groups is 1. The van der Waals surface area contributed by atoms with Crippen LogP contribution in [0.25, 0.3) is 0 Å². The minimum atomic E-state index is 0. The zero-order valence-electron chi connectivity index (χ0n) is 18.8. The van der Waals surface area contributed by atoms with Gasteiger partial charge in [0, 0.05) is 58.3 Å². The van der Waals surface area contributed by atoms with Crippen molar-refractivity contribution in [3.05, 3.63) is 59.8 Å². The van der Waals surface area contributed by atoms with Crippen LogP contribution < -0.4 is 15.4 Å². The summed E-state index contributed by atoms with van der Waals surface area (Å²) in [5.74, 6) is 2.03. The second-order valence-corrected chi connectivity index (χ2v) is 7.58. The predicted octanol–water partition coefficient (Wildman–Crippen LogP) is 3.78. The molecule has 3 rings (SSSR count). The molecule has 0 atom stereocenters. The molecule has 32 heavy (non-hydrogen) atoms. The lowest BCUT2D eigenvalue weighted by Gasteiger charge is -2.21. The van der Waals surface area contributed by atoms with Crippen molar-refractivity contribution in [1.82, 2.24) is 15.6 Å². The molecule has 0 amide bonds. The van der Waals surface area contributed by atoms with Crippen LogP contribution in [0.15, 0.2) is 53.7 Å². The Bertz CT molecular complexity index is 786. The largest absolute Gasteiger partial charge is 0.473 e. The number of aromatic nitrogens is 1. The molecule has 0 saturated carbocycles. The number of hydrogen-bond donors (Lipinski definition) is 2. The van der Waals surface area contributed by atoms with E-state index in [1.165, 1.54) is 0 Å². The van der Waals surface area contributed by atoms with Crippen molar-refractivity contribution in [1.29, 1.82) is 0 Å². The molecule has 2 N–H and O–H groups in total. The molecule has 7 nitrogen and oxygen atoms in total. The molecule has 2 aromatic rings. The smallest absolute Gasteiger partial charge is 0.218 e. The van der Waals surface area contributed by atoms with Crippen LogP contribution in [-0.4, -0.2) is 51.0 Å². The van der Waals surface area contributed by atoms with Gasteiger partial charge in [0.25, 0.3) is 0 Å². The Kier molecular flexibility index (Phi) is 13.0. The van der Waals surface area contributed by atoms with Crippen LogP contribution in [0.1, 0.15) is 30.4 Å². The lowest BCUT2D eigenvalue weighted by Crippen LogP contribution is -2.37. The fourth-order valence-electron chi connectivity index (χ4n) is 3.36. The van der Waals surface area contributed by atoms with Gasteiger partial charge < -0.3 is 24.8 Å². The maximum absolute atomic E-state index is 5.93. The van der Waals surface area contributed by atoms with Crippen LogP contribution in [0.4, 0.5) is 0 Å². The summed E-state index contributed by atoms with van der Waals surface area (Å²) in [6.07, 6.45) is 4.90. The normalized spacial score (nSPS) is 14.5. The summed E-state index contributed by atoms with van der Waals surface area (Å²) in [5, 5.41) is 6.66. The van der Waals surface area contributed by atoms with E-state index in [9.17, 15) is 0 Å². The third-order valence-electron chi connectivity index (χ3n) is 5.19. The first kappa shape index (κ1) is 26.3. The van der Waals surface area contributed by atoms with Gasteiger partial charge in [-0.25, -0.2) is 4.98 Å². The van der Waals surface area contributed by atoms with Gasteiger partial charge in [0.1, 0.15) is 6.61 Å². The molecule has 176 valence electrons. The first-order chi connectivity index (χ1) is 15.3. The molecule has 0 bridgehead atoms. The van der Waals surface area contributed by atoms with Crippen molar-refractivity contribution in [2.75, 3.05) is 40.0 Å². The second kappa shape index (κ2) is 15.8. The number of halogens is 1. The highest BCUT2D eigenvalue weighted by Crippen LogP contribution is 2.16. The van der Waals surface area contributed by atoms with Crippen LogP contribution in [0.3, 0.4) is 0 Å². The van der Waals surface area contributed by atoms with Crippen LogP contribution in [0.2, 0.25) is 0 Å². The molecule has 1 aromatic heterocycles. The highest BCUT2D eigenvalue weighted by molar-refractivity contribution is 14.0. The first-order valence-electron chi connectivity index (χ1n) is 11.1. The second-order valence-electron chi connectivity index (χ2n) is 7.58. The molecule has 0 unspecified atom stereocenters. The van der Waals surface area contributed by atoms with Crippen molar-refractivity contribution in [3.63, 3.8) is 0 Å². The van der Waals surface area contributed by atoms with E-state index in [4.69, 9.17) is 14.2 Å². The van der Waals surface area contributed by atoms with Crippen molar-refractivity contribution in [3.8, 4) is 5.88 Å². The molecule has 8 heteroatoms. The fraction of sp³-hybridized carbons (Fsp3) is 0.500. The zero-order chi connectivity index (χ0) is 21.6. The van der Waals surface area contributed by atoms with Gasteiger partial charge >= 0.3 is 0 Å². The molecule has 0 spiro atoms. The van der Waals surface area contributed by atoms with Crippen molar-refractivity contribution >= 4 is 29.9 Å². The highest BCUT2D eigenvalue weighted by Gasteiger charge is 2.13. The molecule has 1 aromatic carbocycles. The van der Waals surface area contributed by atoms with E-state index >= 15 is 0 Å². The molecule has 0 radical (unpaired) electrons. The monoisotopic (exact) mass is 554 g/mol. The first-order valence-corrected chi connectivity index (χ1v) is 11.1. The summed E-state index contributed by atoms with van der Waals surface area (Å²) in [6.45, 7) is 5.20. The third kappa shape index (κ3) is 9.70. The topological polar surface area (TPSA) is 77.0 Å². The van der Waals surface area contributed by atoms with Crippen molar-refractivity contribution in [2.24, 2.45) is 10.9 Å². The van der Waals surface area contributed by atoms with Crippen molar-refractivity contribution < 1.29 is 14.2 Å². The Morgan fingerprint density at radius 1 is 1.12 bits per heavy atom. The minimum absolute atomic E-state index is 0. The van der Waals surface area contributed by atoms with E-state index in [0.717, 1.165) is 69.3 Å². The molecular formula is C24H35IN4O3. The van der Waals surface area contributed by atoms with E-state index in [0.29, 0.717) is 24.9 Å². The number of aliphatic imine (C=N–C) groups is 1. The van der Waals surface area contributed by atoms with Crippen LogP contribution in [-0.2, 0) is 22.6 Å². The number of pyridine rings is 1. The number of nitrogens with zero attached hydrogens (tertiary/aromatic N) is 2. The lowest BCUT2D eigenvalue weighted by molar-refractivity contribution is 0.0203. The van der Waals surface area contributed by atoms with Gasteiger partial charge in [-0.1, -0.05) is 36.4 Å². The maximum Gasteiger partial charge on any atom is 0.218 e. The minimum Gasteiger partial charge on any atom is -0.473 e. The molecule has 1 aliphatic rings. The molecule has 1 fully saturated rings. The predicted molar refractivity (Wildman–Crippen MR) is 138 cm³/mol. The third-order valence-corrected chi connectivity index (χ3v) is 5.19. The Balaban J connectivity index is 0.00000363. The van der Waals surface area contributed by atoms with Gasteiger partial charge in [-0.05, 0) is 36.8 Å². The number of benzene rings is 1. The highest BCUT2D eigenvalue weighted by atomic mass is 127. The lowest BCUT2D eigenvalue weighted by atomic mass is 10.0. The number of hydrogen-bond acceptors (Lipinski definition) is 5. The number of nitrogens with one attached hydrogen (secondary N) is 2. The van der Waals surface area contributed by atoms with Gasteiger partial charge in [-0.2, -0.15) is 0 Å². The van der Waals surface area contributed by atoms with Crippen molar-refractivity contribution in [2.45, 2.75) is 32.4 Å². The summed E-state index contributed by atoms with van der Waals surface area (Å²) < 4.78 is 17.1. The fourth-order valence-corrected chi connectivity index (χ4v) is 3.36. The summed E-state index contributed by atoms with van der Waals surface area (Å²) in [7, 11) is 1.77. The van der Waals surface area contributed by atoms with Gasteiger partial charge in [-0.3, -0.25) is 4.99 Å². The average Bonchev–Trinajstić information content (AvgIpc) is 2.83. The Labute approximate surface area is 208 Å². The van der Waals surface area contributed by atoms with E-state index < -0.39 is 0 Å². The quantitative estimate of drug-likeness (QED) is 0.191. The van der Waals surface area contributed by atoms with Crippen LogP contribution in [0.5, 0.6) is 5.88 Å².